The Hall–Kier alpha value is -0.610. The van der Waals surface area contributed by atoms with Crippen LogP contribution < -0.4 is 5.32 Å². The van der Waals surface area contributed by atoms with E-state index in [1.54, 1.807) is 26.0 Å². The molecule has 0 fully saturated rings. The maximum Gasteiger partial charge on any atom is 0.147 e. The average molecular weight is 276 g/mol. The van der Waals surface area contributed by atoms with Gasteiger partial charge in [0.15, 0.2) is 0 Å². The van der Waals surface area contributed by atoms with Crippen molar-refractivity contribution in [2.75, 3.05) is 11.9 Å². The summed E-state index contributed by atoms with van der Waals surface area (Å²) in [5.74, 6) is -0.292. The van der Waals surface area contributed by atoms with E-state index in [1.807, 2.05) is 0 Å². The quantitative estimate of drug-likeness (QED) is 0.885. The molecule has 0 heterocycles. The third kappa shape index (κ3) is 4.18. The first-order valence-electron chi connectivity index (χ1n) is 4.80. The Labute approximate surface area is 97.6 Å². The summed E-state index contributed by atoms with van der Waals surface area (Å²) in [6, 6.07) is 4.81. The molecule has 0 unspecified atom stereocenters. The molecule has 0 amide bonds. The SMILES string of the molecule is CC(C)(O)CCNc1c(F)cccc1Br. The number of benzene rings is 1. The minimum atomic E-state index is -0.731. The van der Waals surface area contributed by atoms with Crippen LogP contribution >= 0.6 is 15.9 Å². The first-order valence-corrected chi connectivity index (χ1v) is 5.60. The van der Waals surface area contributed by atoms with Crippen LogP contribution in [0.2, 0.25) is 0 Å². The maximum absolute atomic E-state index is 13.3. The molecule has 0 aliphatic heterocycles. The number of aliphatic hydroxyl groups is 1. The second-order valence-electron chi connectivity index (χ2n) is 4.09. The molecular weight excluding hydrogens is 261 g/mol. The number of rotatable bonds is 4. The molecule has 1 aromatic carbocycles. The van der Waals surface area contributed by atoms with Crippen molar-refractivity contribution in [1.82, 2.24) is 0 Å². The van der Waals surface area contributed by atoms with Crippen molar-refractivity contribution < 1.29 is 9.50 Å². The van der Waals surface area contributed by atoms with Gasteiger partial charge >= 0.3 is 0 Å². The Balaban J connectivity index is 2.58. The van der Waals surface area contributed by atoms with Gasteiger partial charge in [0.05, 0.1) is 11.3 Å². The van der Waals surface area contributed by atoms with Gasteiger partial charge in [-0.3, -0.25) is 0 Å². The molecule has 2 nitrogen and oxygen atoms in total. The van der Waals surface area contributed by atoms with Gasteiger partial charge in [-0.2, -0.15) is 0 Å². The van der Waals surface area contributed by atoms with Crippen molar-refractivity contribution in [3.05, 3.63) is 28.5 Å². The Bertz CT molecular complexity index is 316. The summed E-state index contributed by atoms with van der Waals surface area (Å²) in [5, 5.41) is 12.4. The molecule has 0 saturated carbocycles. The number of anilines is 1. The highest BCUT2D eigenvalue weighted by atomic mass is 79.9. The minimum absolute atomic E-state index is 0.292. The van der Waals surface area contributed by atoms with E-state index in [0.717, 1.165) is 0 Å². The van der Waals surface area contributed by atoms with Crippen molar-refractivity contribution in [2.24, 2.45) is 0 Å². The number of hydrogen-bond donors (Lipinski definition) is 2. The largest absolute Gasteiger partial charge is 0.390 e. The Morgan fingerprint density at radius 2 is 2.13 bits per heavy atom. The predicted octanol–water partition coefficient (Wildman–Crippen LogP) is 3.16. The van der Waals surface area contributed by atoms with E-state index in [4.69, 9.17) is 0 Å². The highest BCUT2D eigenvalue weighted by Crippen LogP contribution is 2.25. The van der Waals surface area contributed by atoms with Crippen molar-refractivity contribution in [3.63, 3.8) is 0 Å². The van der Waals surface area contributed by atoms with E-state index in [1.165, 1.54) is 6.07 Å². The van der Waals surface area contributed by atoms with E-state index in [9.17, 15) is 9.50 Å². The second kappa shape index (κ2) is 4.94. The molecule has 0 atom stereocenters. The van der Waals surface area contributed by atoms with Gasteiger partial charge in [-0.05, 0) is 48.3 Å². The first kappa shape index (κ1) is 12.5. The van der Waals surface area contributed by atoms with Crippen molar-refractivity contribution >= 4 is 21.6 Å². The Kier molecular flexibility index (Phi) is 4.11. The minimum Gasteiger partial charge on any atom is -0.390 e. The molecule has 0 aliphatic rings. The maximum atomic E-state index is 13.3. The van der Waals surface area contributed by atoms with E-state index in [-0.39, 0.29) is 5.82 Å². The van der Waals surface area contributed by atoms with Gasteiger partial charge in [0.25, 0.3) is 0 Å². The van der Waals surface area contributed by atoms with Crippen LogP contribution in [0.25, 0.3) is 0 Å². The summed E-state index contributed by atoms with van der Waals surface area (Å²) < 4.78 is 14.0. The highest BCUT2D eigenvalue weighted by Gasteiger charge is 2.12. The normalized spacial score (nSPS) is 11.5. The molecule has 1 aromatic rings. The van der Waals surface area contributed by atoms with E-state index in [2.05, 4.69) is 21.2 Å². The number of hydrogen-bond acceptors (Lipinski definition) is 2. The fourth-order valence-corrected chi connectivity index (χ4v) is 1.64. The molecule has 0 spiro atoms. The second-order valence-corrected chi connectivity index (χ2v) is 4.94. The van der Waals surface area contributed by atoms with E-state index >= 15 is 0 Å². The lowest BCUT2D eigenvalue weighted by molar-refractivity contribution is 0.0748. The van der Waals surface area contributed by atoms with Crippen LogP contribution in [0.5, 0.6) is 0 Å². The zero-order valence-electron chi connectivity index (χ0n) is 8.85. The van der Waals surface area contributed by atoms with Crippen LogP contribution in [0.15, 0.2) is 22.7 Å². The van der Waals surface area contributed by atoms with Crippen LogP contribution in [-0.2, 0) is 0 Å². The van der Waals surface area contributed by atoms with Gasteiger partial charge in [-0.25, -0.2) is 4.39 Å². The summed E-state index contributed by atoms with van der Waals surface area (Å²) in [5.41, 5.74) is -0.285. The van der Waals surface area contributed by atoms with Gasteiger partial charge in [0, 0.05) is 11.0 Å². The van der Waals surface area contributed by atoms with Gasteiger partial charge in [0.1, 0.15) is 5.82 Å². The summed E-state index contributed by atoms with van der Waals surface area (Å²) in [7, 11) is 0. The molecule has 0 aliphatic carbocycles. The smallest absolute Gasteiger partial charge is 0.147 e. The molecule has 84 valence electrons. The summed E-state index contributed by atoms with van der Waals surface area (Å²) in [4.78, 5) is 0. The fraction of sp³-hybridized carbons (Fsp3) is 0.455. The molecule has 4 heteroatoms. The van der Waals surface area contributed by atoms with Crippen LogP contribution in [0, 0.1) is 5.82 Å². The van der Waals surface area contributed by atoms with Crippen molar-refractivity contribution in [3.8, 4) is 0 Å². The Morgan fingerprint density at radius 1 is 1.47 bits per heavy atom. The van der Waals surface area contributed by atoms with Crippen LogP contribution in [0.1, 0.15) is 20.3 Å². The number of nitrogens with one attached hydrogen (secondary N) is 1. The molecule has 1 rings (SSSR count). The lowest BCUT2D eigenvalue weighted by atomic mass is 10.1. The van der Waals surface area contributed by atoms with E-state index in [0.29, 0.717) is 23.1 Å². The fourth-order valence-electron chi connectivity index (χ4n) is 1.16. The molecular formula is C11H15BrFNO. The molecule has 0 saturated heterocycles. The number of halogens is 2. The summed E-state index contributed by atoms with van der Waals surface area (Å²) in [6.07, 6.45) is 0.563. The Morgan fingerprint density at radius 3 is 2.67 bits per heavy atom. The topological polar surface area (TPSA) is 32.3 Å². The summed E-state index contributed by atoms with van der Waals surface area (Å²) >= 11 is 3.26. The third-order valence-electron chi connectivity index (χ3n) is 2.00. The summed E-state index contributed by atoms with van der Waals surface area (Å²) in [6.45, 7) is 3.99. The molecule has 0 aromatic heterocycles. The zero-order chi connectivity index (χ0) is 11.5. The number of para-hydroxylation sites is 1. The van der Waals surface area contributed by atoms with Crippen LogP contribution in [-0.4, -0.2) is 17.3 Å². The van der Waals surface area contributed by atoms with Crippen LogP contribution in [0.4, 0.5) is 10.1 Å². The molecule has 0 radical (unpaired) electrons. The third-order valence-corrected chi connectivity index (χ3v) is 2.66. The standard InChI is InChI=1S/C11H15BrFNO/c1-11(2,15)6-7-14-10-8(12)4-3-5-9(10)13/h3-5,14-15H,6-7H2,1-2H3. The van der Waals surface area contributed by atoms with Gasteiger partial charge in [0.2, 0.25) is 0 Å². The average Bonchev–Trinajstić information content (AvgIpc) is 2.08. The first-order chi connectivity index (χ1) is 6.90. The van der Waals surface area contributed by atoms with Crippen LogP contribution in [0.3, 0.4) is 0 Å². The van der Waals surface area contributed by atoms with Gasteiger partial charge < -0.3 is 10.4 Å². The lowest BCUT2D eigenvalue weighted by Crippen LogP contribution is -2.22. The molecule has 2 N–H and O–H groups in total. The van der Waals surface area contributed by atoms with Gasteiger partial charge in [-0.1, -0.05) is 6.07 Å². The highest BCUT2D eigenvalue weighted by molar-refractivity contribution is 9.10. The predicted molar refractivity (Wildman–Crippen MR) is 63.5 cm³/mol. The van der Waals surface area contributed by atoms with Crippen molar-refractivity contribution in [2.45, 2.75) is 25.9 Å². The zero-order valence-corrected chi connectivity index (χ0v) is 10.4. The molecule has 0 bridgehead atoms. The monoisotopic (exact) mass is 275 g/mol. The lowest BCUT2D eigenvalue weighted by Gasteiger charge is -2.18. The molecule has 15 heavy (non-hydrogen) atoms. The van der Waals surface area contributed by atoms with Crippen molar-refractivity contribution in [1.29, 1.82) is 0 Å². The van der Waals surface area contributed by atoms with E-state index < -0.39 is 5.60 Å². The van der Waals surface area contributed by atoms with Gasteiger partial charge in [-0.15, -0.1) is 0 Å².